The molecule has 1 fully saturated rings. The third-order valence-corrected chi connectivity index (χ3v) is 5.29. The van der Waals surface area contributed by atoms with Gasteiger partial charge in [0, 0.05) is 22.4 Å². The molecule has 3 aromatic rings. The fraction of sp³-hybridized carbons (Fsp3) is 0.312. The third-order valence-electron chi connectivity index (χ3n) is 3.90. The Morgan fingerprint density at radius 1 is 1.29 bits per heavy atom. The fourth-order valence-electron chi connectivity index (χ4n) is 2.72. The van der Waals surface area contributed by atoms with Crippen LogP contribution in [0.5, 0.6) is 0 Å². The average Bonchev–Trinajstić information content (AvgIpc) is 3.10. The molecular weight excluding hydrogens is 346 g/mol. The number of imidazole rings is 1. The molecule has 0 radical (unpaired) electrons. The van der Waals surface area contributed by atoms with Crippen molar-refractivity contribution >= 4 is 38.7 Å². The summed E-state index contributed by atoms with van der Waals surface area (Å²) < 4.78 is 2.19. The van der Waals surface area contributed by atoms with Gasteiger partial charge in [0.1, 0.15) is 5.65 Å². The molecule has 0 bridgehead atoms. The molecule has 0 unspecified atom stereocenters. The van der Waals surface area contributed by atoms with E-state index in [1.165, 1.54) is 23.4 Å². The molecular formula is C16H16BrN3S. The molecule has 5 heteroatoms. The van der Waals surface area contributed by atoms with E-state index in [2.05, 4.69) is 61.1 Å². The van der Waals surface area contributed by atoms with E-state index in [9.17, 15) is 0 Å². The van der Waals surface area contributed by atoms with Crippen LogP contribution < -0.4 is 4.90 Å². The number of nitrogens with zero attached hydrogens (tertiary/aromatic N) is 3. The number of fused-ring (bicyclic) bond motifs is 1. The summed E-state index contributed by atoms with van der Waals surface area (Å²) in [5.41, 5.74) is 2.27. The molecule has 3 aromatic heterocycles. The molecule has 0 spiro atoms. The Balaban J connectivity index is 1.78. The number of hydrogen-bond acceptors (Lipinski definition) is 3. The molecule has 4 rings (SSSR count). The summed E-state index contributed by atoms with van der Waals surface area (Å²) in [5, 5.41) is 2.97. The average molecular weight is 362 g/mol. The number of halogens is 1. The summed E-state index contributed by atoms with van der Waals surface area (Å²) in [6, 6.07) is 11.2. The van der Waals surface area contributed by atoms with Crippen LogP contribution >= 0.6 is 27.3 Å². The minimum Gasteiger partial charge on any atom is -0.347 e. The van der Waals surface area contributed by atoms with Gasteiger partial charge in [0.2, 0.25) is 0 Å². The third kappa shape index (κ3) is 2.49. The molecule has 1 saturated carbocycles. The lowest BCUT2D eigenvalue weighted by Crippen LogP contribution is -2.26. The summed E-state index contributed by atoms with van der Waals surface area (Å²) in [6.07, 6.45) is 4.65. The molecule has 0 aromatic carbocycles. The standard InChI is InChI=1S/C16H16BrN3S/c17-10-14-16(18-15-5-1-2-8-19(14)15)20(12-6-7-12)11-13-4-3-9-21-13/h1-5,8-9,12H,6-7,10-11H2. The number of aromatic nitrogens is 2. The number of rotatable bonds is 5. The smallest absolute Gasteiger partial charge is 0.152 e. The molecule has 0 atom stereocenters. The number of thiophene rings is 1. The lowest BCUT2D eigenvalue weighted by Gasteiger charge is -2.22. The van der Waals surface area contributed by atoms with Crippen molar-refractivity contribution in [2.45, 2.75) is 30.8 Å². The van der Waals surface area contributed by atoms with Crippen LogP contribution in [0.1, 0.15) is 23.4 Å². The Labute approximate surface area is 136 Å². The maximum atomic E-state index is 4.89. The highest BCUT2D eigenvalue weighted by atomic mass is 79.9. The quantitative estimate of drug-likeness (QED) is 0.625. The maximum Gasteiger partial charge on any atom is 0.152 e. The monoisotopic (exact) mass is 361 g/mol. The van der Waals surface area contributed by atoms with E-state index in [-0.39, 0.29) is 0 Å². The van der Waals surface area contributed by atoms with Crippen molar-refractivity contribution in [2.75, 3.05) is 4.90 Å². The van der Waals surface area contributed by atoms with Crippen LogP contribution in [0.2, 0.25) is 0 Å². The highest BCUT2D eigenvalue weighted by Crippen LogP contribution is 2.36. The van der Waals surface area contributed by atoms with Crippen molar-refractivity contribution in [1.82, 2.24) is 9.38 Å². The highest BCUT2D eigenvalue weighted by molar-refractivity contribution is 9.08. The lowest BCUT2D eigenvalue weighted by atomic mass is 10.3. The van der Waals surface area contributed by atoms with Crippen molar-refractivity contribution in [3.05, 3.63) is 52.5 Å². The fourth-order valence-corrected chi connectivity index (χ4v) is 3.95. The van der Waals surface area contributed by atoms with E-state index in [0.29, 0.717) is 6.04 Å². The summed E-state index contributed by atoms with van der Waals surface area (Å²) in [7, 11) is 0. The number of hydrogen-bond donors (Lipinski definition) is 0. The first kappa shape index (κ1) is 13.3. The zero-order chi connectivity index (χ0) is 14.2. The van der Waals surface area contributed by atoms with Crippen molar-refractivity contribution in [3.63, 3.8) is 0 Å². The van der Waals surface area contributed by atoms with Crippen LogP contribution in [-0.4, -0.2) is 15.4 Å². The number of anilines is 1. The zero-order valence-corrected chi connectivity index (χ0v) is 14.0. The van der Waals surface area contributed by atoms with Gasteiger partial charge in [-0.1, -0.05) is 28.1 Å². The first-order valence-corrected chi connectivity index (χ1v) is 9.18. The van der Waals surface area contributed by atoms with Gasteiger partial charge in [-0.25, -0.2) is 4.98 Å². The van der Waals surface area contributed by atoms with Crippen LogP contribution in [-0.2, 0) is 11.9 Å². The Morgan fingerprint density at radius 2 is 2.19 bits per heavy atom. The van der Waals surface area contributed by atoms with Gasteiger partial charge in [0.05, 0.1) is 12.2 Å². The van der Waals surface area contributed by atoms with E-state index in [4.69, 9.17) is 4.98 Å². The van der Waals surface area contributed by atoms with Crippen molar-refractivity contribution in [1.29, 1.82) is 0 Å². The van der Waals surface area contributed by atoms with Gasteiger partial charge in [-0.15, -0.1) is 11.3 Å². The molecule has 0 amide bonds. The second kappa shape index (κ2) is 5.46. The van der Waals surface area contributed by atoms with Crippen LogP contribution in [0.25, 0.3) is 5.65 Å². The first-order valence-electron chi connectivity index (χ1n) is 7.18. The van der Waals surface area contributed by atoms with Crippen LogP contribution in [0.4, 0.5) is 5.82 Å². The van der Waals surface area contributed by atoms with Crippen LogP contribution in [0, 0.1) is 0 Å². The molecule has 3 nitrogen and oxygen atoms in total. The van der Waals surface area contributed by atoms with E-state index < -0.39 is 0 Å². The summed E-state index contributed by atoms with van der Waals surface area (Å²) in [5.74, 6) is 1.13. The van der Waals surface area contributed by atoms with Gasteiger partial charge in [0.25, 0.3) is 0 Å². The normalized spacial score (nSPS) is 14.7. The second-order valence-corrected chi connectivity index (χ2v) is 6.98. The number of pyridine rings is 1. The molecule has 0 N–H and O–H groups in total. The Morgan fingerprint density at radius 3 is 2.90 bits per heavy atom. The van der Waals surface area contributed by atoms with Gasteiger partial charge < -0.3 is 9.30 Å². The van der Waals surface area contributed by atoms with E-state index >= 15 is 0 Å². The largest absolute Gasteiger partial charge is 0.347 e. The minimum atomic E-state index is 0.648. The molecule has 0 saturated heterocycles. The van der Waals surface area contributed by atoms with Crippen molar-refractivity contribution < 1.29 is 0 Å². The Kier molecular flexibility index (Phi) is 3.47. The molecule has 3 heterocycles. The molecule has 21 heavy (non-hydrogen) atoms. The number of alkyl halides is 1. The summed E-state index contributed by atoms with van der Waals surface area (Å²) >= 11 is 5.46. The highest BCUT2D eigenvalue weighted by Gasteiger charge is 2.32. The summed E-state index contributed by atoms with van der Waals surface area (Å²) in [4.78, 5) is 8.77. The van der Waals surface area contributed by atoms with Gasteiger partial charge >= 0.3 is 0 Å². The first-order chi connectivity index (χ1) is 10.4. The van der Waals surface area contributed by atoms with E-state index in [1.54, 1.807) is 0 Å². The lowest BCUT2D eigenvalue weighted by molar-refractivity contribution is 0.785. The molecule has 108 valence electrons. The molecule has 0 aliphatic heterocycles. The molecule has 1 aliphatic carbocycles. The van der Waals surface area contributed by atoms with Crippen molar-refractivity contribution in [3.8, 4) is 0 Å². The second-order valence-electron chi connectivity index (χ2n) is 5.38. The van der Waals surface area contributed by atoms with Gasteiger partial charge in [-0.3, -0.25) is 0 Å². The zero-order valence-electron chi connectivity index (χ0n) is 11.6. The SMILES string of the molecule is BrCc1c(N(Cc2cccs2)C2CC2)nc2ccccn12. The van der Waals surface area contributed by atoms with E-state index in [0.717, 1.165) is 23.3 Å². The predicted molar refractivity (Wildman–Crippen MR) is 91.3 cm³/mol. The predicted octanol–water partition coefficient (Wildman–Crippen LogP) is 4.46. The van der Waals surface area contributed by atoms with Gasteiger partial charge in [-0.05, 0) is 36.4 Å². The minimum absolute atomic E-state index is 0.648. The van der Waals surface area contributed by atoms with Crippen LogP contribution in [0.3, 0.4) is 0 Å². The molecule has 1 aliphatic rings. The Bertz CT molecular complexity index is 746. The van der Waals surface area contributed by atoms with Gasteiger partial charge in [-0.2, -0.15) is 0 Å². The van der Waals surface area contributed by atoms with Crippen molar-refractivity contribution in [2.24, 2.45) is 0 Å². The van der Waals surface area contributed by atoms with Crippen LogP contribution in [0.15, 0.2) is 41.9 Å². The Hall–Kier alpha value is -1.33. The topological polar surface area (TPSA) is 20.5 Å². The summed E-state index contributed by atoms with van der Waals surface area (Å²) in [6.45, 7) is 0.964. The maximum absolute atomic E-state index is 4.89. The van der Waals surface area contributed by atoms with Gasteiger partial charge in [0.15, 0.2) is 5.82 Å². The van der Waals surface area contributed by atoms with E-state index in [1.807, 2.05) is 17.4 Å².